The van der Waals surface area contributed by atoms with Gasteiger partial charge in [-0.3, -0.25) is 0 Å². The molecule has 1 N–H and O–H groups in total. The molecule has 0 fully saturated rings. The molecule has 0 aliphatic heterocycles. The maximum absolute atomic E-state index is 3.72. The largest absolute Gasteiger partial charge is 0.314 e. The topological polar surface area (TPSA) is 12.0 Å². The summed E-state index contributed by atoms with van der Waals surface area (Å²) >= 11 is 0. The van der Waals surface area contributed by atoms with Gasteiger partial charge in [-0.15, -0.1) is 0 Å². The summed E-state index contributed by atoms with van der Waals surface area (Å²) < 4.78 is 0. The van der Waals surface area contributed by atoms with Crippen molar-refractivity contribution >= 4 is 0 Å². The zero-order valence-corrected chi connectivity index (χ0v) is 13.1. The van der Waals surface area contributed by atoms with Gasteiger partial charge in [-0.05, 0) is 43.6 Å². The lowest BCUT2D eigenvalue weighted by atomic mass is 9.82. The van der Waals surface area contributed by atoms with Crippen molar-refractivity contribution in [1.29, 1.82) is 0 Å². The van der Waals surface area contributed by atoms with Crippen LogP contribution in [0.15, 0.2) is 0 Å². The Bertz CT molecular complexity index is 161. The number of hydrogen-bond donors (Lipinski definition) is 1. The van der Waals surface area contributed by atoms with Gasteiger partial charge >= 0.3 is 0 Å². The van der Waals surface area contributed by atoms with E-state index < -0.39 is 0 Å². The van der Waals surface area contributed by atoms with E-state index in [2.05, 4.69) is 46.9 Å². The molecule has 2 atom stereocenters. The van der Waals surface area contributed by atoms with Gasteiger partial charge in [0.1, 0.15) is 0 Å². The highest BCUT2D eigenvalue weighted by atomic mass is 14.9. The summed E-state index contributed by atoms with van der Waals surface area (Å²) in [6, 6.07) is 0.743. The standard InChI is InChI=1S/C16H35N/c1-7-9-10-15(17-11-8-2)12-14(3)13-16(4,5)6/h14-15,17H,7-13H2,1-6H3. The molecule has 0 spiro atoms. The zero-order valence-electron chi connectivity index (χ0n) is 13.1. The van der Waals surface area contributed by atoms with Crippen LogP contribution in [0.3, 0.4) is 0 Å². The number of nitrogens with one attached hydrogen (secondary N) is 1. The minimum Gasteiger partial charge on any atom is -0.314 e. The van der Waals surface area contributed by atoms with E-state index in [1.165, 1.54) is 45.1 Å². The summed E-state index contributed by atoms with van der Waals surface area (Å²) in [5.74, 6) is 0.834. The predicted octanol–water partition coefficient (Wildman–Crippen LogP) is 5.01. The molecule has 1 heteroatoms. The fourth-order valence-electron chi connectivity index (χ4n) is 2.72. The van der Waals surface area contributed by atoms with E-state index in [4.69, 9.17) is 0 Å². The van der Waals surface area contributed by atoms with Crippen LogP contribution in [0.2, 0.25) is 0 Å². The second-order valence-corrected chi connectivity index (χ2v) is 6.90. The van der Waals surface area contributed by atoms with Gasteiger partial charge in [-0.1, -0.05) is 54.4 Å². The Morgan fingerprint density at radius 1 is 1.06 bits per heavy atom. The average Bonchev–Trinajstić information content (AvgIpc) is 2.19. The van der Waals surface area contributed by atoms with Crippen LogP contribution in [-0.2, 0) is 0 Å². The lowest BCUT2D eigenvalue weighted by Gasteiger charge is -2.27. The SMILES string of the molecule is CCCCC(CC(C)CC(C)(C)C)NCCC. The molecule has 0 bridgehead atoms. The van der Waals surface area contributed by atoms with E-state index in [1.807, 2.05) is 0 Å². The molecular formula is C16H35N. The third kappa shape index (κ3) is 10.8. The van der Waals surface area contributed by atoms with Crippen LogP contribution in [0, 0.1) is 11.3 Å². The van der Waals surface area contributed by atoms with Crippen molar-refractivity contribution in [3.05, 3.63) is 0 Å². The molecule has 0 aliphatic rings. The molecular weight excluding hydrogens is 206 g/mol. The fourth-order valence-corrected chi connectivity index (χ4v) is 2.72. The highest BCUT2D eigenvalue weighted by molar-refractivity contribution is 4.73. The molecule has 104 valence electrons. The average molecular weight is 241 g/mol. The second-order valence-electron chi connectivity index (χ2n) is 6.90. The Hall–Kier alpha value is -0.0400. The summed E-state index contributed by atoms with van der Waals surface area (Å²) in [7, 11) is 0. The van der Waals surface area contributed by atoms with Gasteiger partial charge in [0.15, 0.2) is 0 Å². The van der Waals surface area contributed by atoms with E-state index in [0.717, 1.165) is 12.0 Å². The molecule has 0 saturated carbocycles. The summed E-state index contributed by atoms with van der Waals surface area (Å²) in [6.07, 6.45) is 7.96. The molecule has 0 heterocycles. The molecule has 17 heavy (non-hydrogen) atoms. The van der Waals surface area contributed by atoms with Gasteiger partial charge < -0.3 is 5.32 Å². The molecule has 0 saturated heterocycles. The first kappa shape index (κ1) is 17.0. The van der Waals surface area contributed by atoms with Gasteiger partial charge in [0.05, 0.1) is 0 Å². The van der Waals surface area contributed by atoms with Crippen LogP contribution < -0.4 is 5.32 Å². The first-order chi connectivity index (χ1) is 7.89. The quantitative estimate of drug-likeness (QED) is 0.598. The maximum atomic E-state index is 3.72. The van der Waals surface area contributed by atoms with E-state index >= 15 is 0 Å². The van der Waals surface area contributed by atoms with Gasteiger partial charge in [-0.25, -0.2) is 0 Å². The Kier molecular flexibility index (Phi) is 8.94. The Morgan fingerprint density at radius 3 is 2.18 bits per heavy atom. The van der Waals surface area contributed by atoms with E-state index in [1.54, 1.807) is 0 Å². The molecule has 0 aromatic rings. The van der Waals surface area contributed by atoms with Crippen LogP contribution in [-0.4, -0.2) is 12.6 Å². The van der Waals surface area contributed by atoms with Crippen molar-refractivity contribution in [2.45, 2.75) is 86.1 Å². The molecule has 0 radical (unpaired) electrons. The highest BCUT2D eigenvalue weighted by Crippen LogP contribution is 2.27. The summed E-state index contributed by atoms with van der Waals surface area (Å²) in [6.45, 7) is 15.2. The molecule has 0 amide bonds. The Labute approximate surface area is 110 Å². The maximum Gasteiger partial charge on any atom is 0.00695 e. The minimum absolute atomic E-state index is 0.472. The van der Waals surface area contributed by atoms with Gasteiger partial charge in [0, 0.05) is 6.04 Å². The van der Waals surface area contributed by atoms with Crippen LogP contribution in [0.4, 0.5) is 0 Å². The van der Waals surface area contributed by atoms with E-state index in [0.29, 0.717) is 5.41 Å². The number of unbranched alkanes of at least 4 members (excludes halogenated alkanes) is 1. The highest BCUT2D eigenvalue weighted by Gasteiger charge is 2.18. The van der Waals surface area contributed by atoms with Crippen molar-refractivity contribution in [2.75, 3.05) is 6.54 Å². The van der Waals surface area contributed by atoms with Crippen LogP contribution in [0.25, 0.3) is 0 Å². The van der Waals surface area contributed by atoms with Crippen molar-refractivity contribution in [3.8, 4) is 0 Å². The van der Waals surface area contributed by atoms with E-state index in [9.17, 15) is 0 Å². The molecule has 2 unspecified atom stereocenters. The van der Waals surface area contributed by atoms with Gasteiger partial charge in [-0.2, -0.15) is 0 Å². The molecule has 1 nitrogen and oxygen atoms in total. The third-order valence-corrected chi connectivity index (χ3v) is 3.24. The van der Waals surface area contributed by atoms with Crippen LogP contribution in [0.5, 0.6) is 0 Å². The molecule has 0 aromatic heterocycles. The fraction of sp³-hybridized carbons (Fsp3) is 1.00. The molecule has 0 aromatic carbocycles. The number of hydrogen-bond acceptors (Lipinski definition) is 1. The minimum atomic E-state index is 0.472. The van der Waals surface area contributed by atoms with Gasteiger partial charge in [0.25, 0.3) is 0 Å². The summed E-state index contributed by atoms with van der Waals surface area (Å²) in [5, 5.41) is 3.72. The first-order valence-corrected chi connectivity index (χ1v) is 7.62. The summed E-state index contributed by atoms with van der Waals surface area (Å²) in [5.41, 5.74) is 0.472. The Morgan fingerprint density at radius 2 is 1.71 bits per heavy atom. The first-order valence-electron chi connectivity index (χ1n) is 7.62. The monoisotopic (exact) mass is 241 g/mol. The summed E-state index contributed by atoms with van der Waals surface area (Å²) in [4.78, 5) is 0. The smallest absolute Gasteiger partial charge is 0.00695 e. The van der Waals surface area contributed by atoms with Crippen molar-refractivity contribution in [3.63, 3.8) is 0 Å². The van der Waals surface area contributed by atoms with Crippen molar-refractivity contribution in [1.82, 2.24) is 5.32 Å². The lowest BCUT2D eigenvalue weighted by Crippen LogP contribution is -2.32. The van der Waals surface area contributed by atoms with Crippen molar-refractivity contribution < 1.29 is 0 Å². The number of rotatable bonds is 9. The molecule has 0 rings (SSSR count). The van der Waals surface area contributed by atoms with Crippen molar-refractivity contribution in [2.24, 2.45) is 11.3 Å². The second kappa shape index (κ2) is 8.97. The third-order valence-electron chi connectivity index (χ3n) is 3.24. The van der Waals surface area contributed by atoms with Gasteiger partial charge in [0.2, 0.25) is 0 Å². The van der Waals surface area contributed by atoms with Crippen LogP contribution in [0.1, 0.15) is 80.1 Å². The normalized spacial score (nSPS) is 15.9. The van der Waals surface area contributed by atoms with E-state index in [-0.39, 0.29) is 0 Å². The predicted molar refractivity (Wildman–Crippen MR) is 79.5 cm³/mol. The van der Waals surface area contributed by atoms with Crippen LogP contribution >= 0.6 is 0 Å². The molecule has 0 aliphatic carbocycles. The zero-order chi connectivity index (χ0) is 13.3. The Balaban J connectivity index is 4.02. The lowest BCUT2D eigenvalue weighted by molar-refractivity contribution is 0.269.